The second kappa shape index (κ2) is 15.0. The van der Waals surface area contributed by atoms with Gasteiger partial charge in [0.2, 0.25) is 11.8 Å². The van der Waals surface area contributed by atoms with Gasteiger partial charge in [0.1, 0.15) is 6.04 Å². The maximum absolute atomic E-state index is 12.5. The van der Waals surface area contributed by atoms with Gasteiger partial charge in [-0.15, -0.1) is 0 Å². The highest BCUT2D eigenvalue weighted by atomic mass is 16.2. The SMILES string of the molecule is CCCCCCCCCCC(=O)N1CCC[C@@H]1C(=O)NCCCCCN. The van der Waals surface area contributed by atoms with Gasteiger partial charge < -0.3 is 16.0 Å². The molecule has 1 heterocycles. The number of hydrogen-bond acceptors (Lipinski definition) is 3. The molecule has 0 bridgehead atoms. The Labute approximate surface area is 160 Å². The summed E-state index contributed by atoms with van der Waals surface area (Å²) >= 11 is 0. The zero-order valence-corrected chi connectivity index (χ0v) is 16.9. The molecule has 5 heteroatoms. The fraction of sp³-hybridized carbons (Fsp3) is 0.905. The van der Waals surface area contributed by atoms with Crippen molar-refractivity contribution in [2.24, 2.45) is 5.73 Å². The second-order valence-corrected chi connectivity index (χ2v) is 7.61. The van der Waals surface area contributed by atoms with Crippen molar-refractivity contribution < 1.29 is 9.59 Å². The van der Waals surface area contributed by atoms with E-state index in [9.17, 15) is 9.59 Å². The lowest BCUT2D eigenvalue weighted by atomic mass is 10.1. The molecule has 0 radical (unpaired) electrons. The Balaban J connectivity index is 2.16. The lowest BCUT2D eigenvalue weighted by Gasteiger charge is -2.24. The van der Waals surface area contributed by atoms with Crippen LogP contribution in [0.2, 0.25) is 0 Å². The molecule has 0 unspecified atom stereocenters. The van der Waals surface area contributed by atoms with Crippen molar-refractivity contribution in [3.8, 4) is 0 Å². The van der Waals surface area contributed by atoms with Crippen LogP contribution in [0, 0.1) is 0 Å². The maximum atomic E-state index is 12.5. The molecule has 0 aliphatic carbocycles. The minimum Gasteiger partial charge on any atom is -0.354 e. The van der Waals surface area contributed by atoms with Crippen LogP contribution >= 0.6 is 0 Å². The number of rotatable bonds is 15. The summed E-state index contributed by atoms with van der Waals surface area (Å²) in [6.07, 6.45) is 15.2. The van der Waals surface area contributed by atoms with E-state index in [1.165, 1.54) is 38.5 Å². The fourth-order valence-corrected chi connectivity index (χ4v) is 3.67. The maximum Gasteiger partial charge on any atom is 0.242 e. The Morgan fingerprint density at radius 1 is 0.962 bits per heavy atom. The summed E-state index contributed by atoms with van der Waals surface area (Å²) in [6.45, 7) is 4.37. The summed E-state index contributed by atoms with van der Waals surface area (Å²) < 4.78 is 0. The van der Waals surface area contributed by atoms with Gasteiger partial charge in [0.25, 0.3) is 0 Å². The average Bonchev–Trinajstić information content (AvgIpc) is 3.13. The van der Waals surface area contributed by atoms with Crippen LogP contribution in [0.4, 0.5) is 0 Å². The Kier molecular flexibility index (Phi) is 13.2. The molecule has 1 aliphatic rings. The van der Waals surface area contributed by atoms with Gasteiger partial charge in [0, 0.05) is 19.5 Å². The van der Waals surface area contributed by atoms with Crippen molar-refractivity contribution in [1.82, 2.24) is 10.2 Å². The molecule has 1 fully saturated rings. The number of nitrogens with two attached hydrogens (primary N) is 1. The number of nitrogens with zero attached hydrogens (tertiary/aromatic N) is 1. The highest BCUT2D eigenvalue weighted by Gasteiger charge is 2.33. The molecule has 1 rings (SSSR count). The highest BCUT2D eigenvalue weighted by molar-refractivity contribution is 5.88. The van der Waals surface area contributed by atoms with Crippen LogP contribution in [0.25, 0.3) is 0 Å². The van der Waals surface area contributed by atoms with E-state index in [0.717, 1.165) is 51.5 Å². The average molecular weight is 368 g/mol. The van der Waals surface area contributed by atoms with Gasteiger partial charge in [-0.2, -0.15) is 0 Å². The predicted molar refractivity (Wildman–Crippen MR) is 108 cm³/mol. The summed E-state index contributed by atoms with van der Waals surface area (Å²) in [4.78, 5) is 26.7. The molecule has 152 valence electrons. The Bertz CT molecular complexity index is 387. The largest absolute Gasteiger partial charge is 0.354 e. The highest BCUT2D eigenvalue weighted by Crippen LogP contribution is 2.20. The normalized spacial score (nSPS) is 16.8. The van der Waals surface area contributed by atoms with Gasteiger partial charge >= 0.3 is 0 Å². The molecule has 0 aromatic heterocycles. The van der Waals surface area contributed by atoms with Crippen LogP contribution in [0.5, 0.6) is 0 Å². The minimum atomic E-state index is -0.244. The summed E-state index contributed by atoms with van der Waals surface area (Å²) in [7, 11) is 0. The lowest BCUT2D eigenvalue weighted by Crippen LogP contribution is -2.46. The third-order valence-corrected chi connectivity index (χ3v) is 5.30. The summed E-state index contributed by atoms with van der Waals surface area (Å²) in [5.41, 5.74) is 5.48. The molecule has 1 saturated heterocycles. The molecule has 1 atom stereocenters. The molecular formula is C21H41N3O2. The van der Waals surface area contributed by atoms with Crippen molar-refractivity contribution in [3.05, 3.63) is 0 Å². The molecule has 5 nitrogen and oxygen atoms in total. The lowest BCUT2D eigenvalue weighted by molar-refractivity contribution is -0.138. The van der Waals surface area contributed by atoms with Crippen molar-refractivity contribution >= 4 is 11.8 Å². The monoisotopic (exact) mass is 367 g/mol. The van der Waals surface area contributed by atoms with Crippen LogP contribution in [-0.2, 0) is 9.59 Å². The van der Waals surface area contributed by atoms with Gasteiger partial charge in [-0.05, 0) is 38.6 Å². The number of carbonyl (C=O) groups is 2. The molecule has 1 aliphatic heterocycles. The second-order valence-electron chi connectivity index (χ2n) is 7.61. The first-order chi connectivity index (χ1) is 12.7. The number of unbranched alkanes of at least 4 members (excludes halogenated alkanes) is 9. The van der Waals surface area contributed by atoms with E-state index < -0.39 is 0 Å². The van der Waals surface area contributed by atoms with Crippen molar-refractivity contribution in [2.45, 2.75) is 103 Å². The molecular weight excluding hydrogens is 326 g/mol. The van der Waals surface area contributed by atoms with E-state index in [1.807, 2.05) is 4.90 Å². The van der Waals surface area contributed by atoms with E-state index in [4.69, 9.17) is 5.73 Å². The Morgan fingerprint density at radius 2 is 1.62 bits per heavy atom. The summed E-state index contributed by atoms with van der Waals surface area (Å²) in [5.74, 6) is 0.191. The zero-order valence-electron chi connectivity index (χ0n) is 16.9. The molecule has 0 aromatic rings. The van der Waals surface area contributed by atoms with E-state index in [1.54, 1.807) is 0 Å². The molecule has 3 N–H and O–H groups in total. The molecule has 26 heavy (non-hydrogen) atoms. The first-order valence-corrected chi connectivity index (χ1v) is 11.0. The summed E-state index contributed by atoms with van der Waals surface area (Å²) in [6, 6.07) is -0.244. The quantitative estimate of drug-likeness (QED) is 0.433. The van der Waals surface area contributed by atoms with E-state index in [0.29, 0.717) is 19.5 Å². The topological polar surface area (TPSA) is 75.4 Å². The van der Waals surface area contributed by atoms with Crippen LogP contribution in [-0.4, -0.2) is 42.4 Å². The number of amides is 2. The fourth-order valence-electron chi connectivity index (χ4n) is 3.67. The minimum absolute atomic E-state index is 0.0273. The number of nitrogens with one attached hydrogen (secondary N) is 1. The van der Waals surface area contributed by atoms with Crippen LogP contribution < -0.4 is 11.1 Å². The molecule has 0 spiro atoms. The predicted octanol–water partition coefficient (Wildman–Crippen LogP) is 3.75. The van der Waals surface area contributed by atoms with Gasteiger partial charge in [-0.1, -0.05) is 58.3 Å². The smallest absolute Gasteiger partial charge is 0.242 e. The Hall–Kier alpha value is -1.10. The van der Waals surface area contributed by atoms with Gasteiger partial charge in [0.05, 0.1) is 0 Å². The van der Waals surface area contributed by atoms with Crippen molar-refractivity contribution in [1.29, 1.82) is 0 Å². The van der Waals surface area contributed by atoms with E-state index in [-0.39, 0.29) is 17.9 Å². The summed E-state index contributed by atoms with van der Waals surface area (Å²) in [5, 5.41) is 3.00. The van der Waals surface area contributed by atoms with Gasteiger partial charge in [-0.3, -0.25) is 9.59 Å². The molecule has 0 aromatic carbocycles. The number of carbonyl (C=O) groups excluding carboxylic acids is 2. The van der Waals surface area contributed by atoms with E-state index in [2.05, 4.69) is 12.2 Å². The zero-order chi connectivity index (χ0) is 19.0. The van der Waals surface area contributed by atoms with Crippen LogP contribution in [0.1, 0.15) is 96.8 Å². The van der Waals surface area contributed by atoms with Crippen molar-refractivity contribution in [3.63, 3.8) is 0 Å². The third-order valence-electron chi connectivity index (χ3n) is 5.30. The standard InChI is InChI=1S/C21H41N3O2/c1-2-3-4-5-6-7-8-10-15-20(25)24-18-13-14-19(24)21(26)23-17-12-9-11-16-22/h19H,2-18,22H2,1H3,(H,23,26)/t19-/m1/s1. The first-order valence-electron chi connectivity index (χ1n) is 11.0. The van der Waals surface area contributed by atoms with Crippen molar-refractivity contribution in [2.75, 3.05) is 19.6 Å². The van der Waals surface area contributed by atoms with Gasteiger partial charge in [0.15, 0.2) is 0 Å². The number of likely N-dealkylation sites (tertiary alicyclic amines) is 1. The molecule has 0 saturated carbocycles. The first kappa shape index (κ1) is 22.9. The van der Waals surface area contributed by atoms with Crippen LogP contribution in [0.15, 0.2) is 0 Å². The van der Waals surface area contributed by atoms with Crippen LogP contribution in [0.3, 0.4) is 0 Å². The van der Waals surface area contributed by atoms with E-state index >= 15 is 0 Å². The third kappa shape index (κ3) is 9.56. The number of hydrogen-bond donors (Lipinski definition) is 2. The Morgan fingerprint density at radius 3 is 2.31 bits per heavy atom. The molecule has 2 amide bonds. The van der Waals surface area contributed by atoms with Gasteiger partial charge in [-0.25, -0.2) is 0 Å².